The zero-order valence-electron chi connectivity index (χ0n) is 9.46. The van der Waals surface area contributed by atoms with Gasteiger partial charge in [-0.1, -0.05) is 12.1 Å². The molecule has 2 aromatic rings. The normalized spacial score (nSPS) is 9.47. The highest BCUT2D eigenvalue weighted by atomic mass is 35.5. The fourth-order valence-electron chi connectivity index (χ4n) is 1.37. The van der Waals surface area contributed by atoms with Crippen LogP contribution in [0, 0.1) is 0 Å². The van der Waals surface area contributed by atoms with Crippen molar-refractivity contribution in [1.29, 1.82) is 0 Å². The molecule has 1 N–H and O–H groups in total. The Morgan fingerprint density at radius 2 is 1.94 bits per heavy atom. The summed E-state index contributed by atoms with van der Waals surface area (Å²) in [5.41, 5.74) is 1.16. The summed E-state index contributed by atoms with van der Waals surface area (Å²) in [4.78, 5) is 8.00. The molecule has 0 unspecified atom stereocenters. The van der Waals surface area contributed by atoms with Gasteiger partial charge < -0.3 is 10.1 Å². The van der Waals surface area contributed by atoms with E-state index >= 15 is 0 Å². The van der Waals surface area contributed by atoms with E-state index in [0.29, 0.717) is 6.01 Å². The van der Waals surface area contributed by atoms with Crippen LogP contribution in [0.2, 0.25) is 0 Å². The molecule has 1 aromatic heterocycles. The van der Waals surface area contributed by atoms with Gasteiger partial charge in [-0.15, -0.1) is 12.4 Å². The number of nitrogens with zero attached hydrogens (tertiary/aromatic N) is 2. The van der Waals surface area contributed by atoms with Crippen LogP contribution >= 0.6 is 12.4 Å². The number of rotatable bonds is 4. The predicted molar refractivity (Wildman–Crippen MR) is 68.6 cm³/mol. The zero-order valence-corrected chi connectivity index (χ0v) is 10.3. The van der Waals surface area contributed by atoms with Crippen LogP contribution in [0.15, 0.2) is 42.7 Å². The van der Waals surface area contributed by atoms with Gasteiger partial charge >= 0.3 is 6.01 Å². The maximum absolute atomic E-state index is 5.52. The third kappa shape index (κ3) is 4.01. The predicted octanol–water partition coefficient (Wildman–Crippen LogP) is 2.41. The molecule has 0 atom stereocenters. The van der Waals surface area contributed by atoms with Gasteiger partial charge in [0.1, 0.15) is 5.75 Å². The van der Waals surface area contributed by atoms with Crippen molar-refractivity contribution >= 4 is 12.4 Å². The Morgan fingerprint density at radius 1 is 1.18 bits per heavy atom. The minimum absolute atomic E-state index is 0. The molecule has 0 saturated heterocycles. The van der Waals surface area contributed by atoms with Crippen molar-refractivity contribution in [2.75, 3.05) is 7.05 Å². The minimum atomic E-state index is 0. The number of nitrogens with one attached hydrogen (secondary N) is 1. The second-order valence-corrected chi connectivity index (χ2v) is 3.31. The molecule has 0 spiro atoms. The Bertz CT molecular complexity index is 451. The quantitative estimate of drug-likeness (QED) is 0.907. The van der Waals surface area contributed by atoms with Crippen LogP contribution in [0.3, 0.4) is 0 Å². The molecule has 90 valence electrons. The maximum atomic E-state index is 5.52. The van der Waals surface area contributed by atoms with E-state index in [0.717, 1.165) is 17.9 Å². The van der Waals surface area contributed by atoms with Gasteiger partial charge in [-0.3, -0.25) is 0 Å². The second-order valence-electron chi connectivity index (χ2n) is 3.31. The van der Waals surface area contributed by atoms with Crippen LogP contribution < -0.4 is 10.1 Å². The van der Waals surface area contributed by atoms with Gasteiger partial charge in [-0.05, 0) is 30.8 Å². The fraction of sp³-hybridized carbons (Fsp3) is 0.167. The lowest BCUT2D eigenvalue weighted by Gasteiger charge is -2.05. The van der Waals surface area contributed by atoms with Crippen molar-refractivity contribution in [2.45, 2.75) is 6.54 Å². The Labute approximate surface area is 106 Å². The van der Waals surface area contributed by atoms with Crippen molar-refractivity contribution in [2.24, 2.45) is 0 Å². The molecule has 0 saturated carbocycles. The molecule has 0 radical (unpaired) electrons. The SMILES string of the molecule is CNCc1cccc(Oc2ncccn2)c1.Cl. The first-order chi connectivity index (χ1) is 7.88. The van der Waals surface area contributed by atoms with Gasteiger partial charge in [0.2, 0.25) is 0 Å². The van der Waals surface area contributed by atoms with Crippen molar-refractivity contribution in [3.05, 3.63) is 48.3 Å². The minimum Gasteiger partial charge on any atom is -0.424 e. The summed E-state index contributed by atoms with van der Waals surface area (Å²) >= 11 is 0. The van der Waals surface area contributed by atoms with E-state index in [-0.39, 0.29) is 12.4 Å². The van der Waals surface area contributed by atoms with E-state index in [1.807, 2.05) is 31.3 Å². The Balaban J connectivity index is 0.00000144. The van der Waals surface area contributed by atoms with Gasteiger partial charge in [-0.25, -0.2) is 9.97 Å². The number of hydrogen-bond donors (Lipinski definition) is 1. The molecule has 1 heterocycles. The van der Waals surface area contributed by atoms with E-state index in [1.165, 1.54) is 0 Å². The van der Waals surface area contributed by atoms with E-state index in [4.69, 9.17) is 4.74 Å². The van der Waals surface area contributed by atoms with E-state index < -0.39 is 0 Å². The molecule has 0 amide bonds. The highest BCUT2D eigenvalue weighted by Gasteiger charge is 1.99. The Morgan fingerprint density at radius 3 is 2.65 bits per heavy atom. The smallest absolute Gasteiger partial charge is 0.321 e. The standard InChI is InChI=1S/C12H13N3O.ClH/c1-13-9-10-4-2-5-11(8-10)16-12-14-6-3-7-15-12;/h2-8,13H,9H2,1H3;1H. The number of aromatic nitrogens is 2. The summed E-state index contributed by atoms with van der Waals surface area (Å²) in [6.45, 7) is 0.812. The molecule has 0 aliphatic carbocycles. The summed E-state index contributed by atoms with van der Waals surface area (Å²) < 4.78 is 5.52. The fourth-order valence-corrected chi connectivity index (χ4v) is 1.37. The van der Waals surface area contributed by atoms with Gasteiger partial charge in [0.15, 0.2) is 0 Å². The molecule has 4 nitrogen and oxygen atoms in total. The lowest BCUT2D eigenvalue weighted by Crippen LogP contribution is -2.04. The first-order valence-electron chi connectivity index (χ1n) is 5.07. The number of halogens is 1. The van der Waals surface area contributed by atoms with Crippen LogP contribution in [-0.2, 0) is 6.54 Å². The van der Waals surface area contributed by atoms with Crippen LogP contribution in [0.4, 0.5) is 0 Å². The largest absolute Gasteiger partial charge is 0.424 e. The number of hydrogen-bond acceptors (Lipinski definition) is 4. The van der Waals surface area contributed by atoms with Crippen molar-refractivity contribution in [1.82, 2.24) is 15.3 Å². The molecule has 0 aliphatic heterocycles. The molecular formula is C12H14ClN3O. The summed E-state index contributed by atoms with van der Waals surface area (Å²) in [6, 6.07) is 9.96. The Hall–Kier alpha value is -1.65. The monoisotopic (exact) mass is 251 g/mol. The summed E-state index contributed by atoms with van der Waals surface area (Å²) in [6.07, 6.45) is 3.31. The van der Waals surface area contributed by atoms with Crippen LogP contribution in [0.1, 0.15) is 5.56 Å². The Kier molecular flexibility index (Phi) is 5.39. The first kappa shape index (κ1) is 13.4. The lowest BCUT2D eigenvalue weighted by molar-refractivity contribution is 0.441. The summed E-state index contributed by atoms with van der Waals surface area (Å²) in [5.74, 6) is 0.749. The lowest BCUT2D eigenvalue weighted by atomic mass is 10.2. The van der Waals surface area contributed by atoms with E-state index in [2.05, 4.69) is 15.3 Å². The number of benzene rings is 1. The van der Waals surface area contributed by atoms with Gasteiger partial charge in [0.05, 0.1) is 0 Å². The van der Waals surface area contributed by atoms with Crippen molar-refractivity contribution in [3.8, 4) is 11.8 Å². The molecule has 1 aromatic carbocycles. The number of ether oxygens (including phenoxy) is 1. The topological polar surface area (TPSA) is 47.0 Å². The van der Waals surface area contributed by atoms with Crippen molar-refractivity contribution < 1.29 is 4.74 Å². The molecule has 0 fully saturated rings. The van der Waals surface area contributed by atoms with Gasteiger partial charge in [-0.2, -0.15) is 0 Å². The highest BCUT2D eigenvalue weighted by molar-refractivity contribution is 5.85. The van der Waals surface area contributed by atoms with Crippen LogP contribution in [0.25, 0.3) is 0 Å². The second kappa shape index (κ2) is 6.83. The third-order valence-electron chi connectivity index (χ3n) is 2.03. The molecule has 0 bridgehead atoms. The molecule has 0 aliphatic rings. The molecule has 17 heavy (non-hydrogen) atoms. The summed E-state index contributed by atoms with van der Waals surface area (Å²) in [5, 5.41) is 3.09. The maximum Gasteiger partial charge on any atom is 0.321 e. The molecule has 5 heteroatoms. The highest BCUT2D eigenvalue weighted by Crippen LogP contribution is 2.18. The first-order valence-corrected chi connectivity index (χ1v) is 5.07. The van der Waals surface area contributed by atoms with Crippen molar-refractivity contribution in [3.63, 3.8) is 0 Å². The van der Waals surface area contributed by atoms with Crippen LogP contribution in [-0.4, -0.2) is 17.0 Å². The van der Waals surface area contributed by atoms with E-state index in [9.17, 15) is 0 Å². The van der Waals surface area contributed by atoms with Crippen LogP contribution in [0.5, 0.6) is 11.8 Å². The average molecular weight is 252 g/mol. The zero-order chi connectivity index (χ0) is 11.2. The molecular weight excluding hydrogens is 238 g/mol. The molecule has 2 rings (SSSR count). The third-order valence-corrected chi connectivity index (χ3v) is 2.03. The average Bonchev–Trinajstić information content (AvgIpc) is 2.31. The summed E-state index contributed by atoms with van der Waals surface area (Å²) in [7, 11) is 1.91. The van der Waals surface area contributed by atoms with Gasteiger partial charge in [0, 0.05) is 18.9 Å². The van der Waals surface area contributed by atoms with E-state index in [1.54, 1.807) is 18.5 Å². The van der Waals surface area contributed by atoms with Gasteiger partial charge in [0.25, 0.3) is 0 Å².